The van der Waals surface area contributed by atoms with Gasteiger partial charge in [-0.05, 0) is 144 Å². The summed E-state index contributed by atoms with van der Waals surface area (Å²) in [4.78, 5) is 2.49. The third-order valence-electron chi connectivity index (χ3n) is 16.0. The van der Waals surface area contributed by atoms with Crippen molar-refractivity contribution >= 4 is 59.3 Å². The quantitative estimate of drug-likeness (QED) is 0.161. The summed E-state index contributed by atoms with van der Waals surface area (Å²) >= 11 is 1.91. The number of hydrogen-bond donors (Lipinski definition) is 0. The summed E-state index contributed by atoms with van der Waals surface area (Å²) in [5.74, 6) is 0. The van der Waals surface area contributed by atoms with Crippen molar-refractivity contribution in [3.8, 4) is 55.6 Å². The summed E-state index contributed by atoms with van der Waals surface area (Å²) in [6.07, 6.45) is 4.95. The standard InChI is InChI=1S/C66H49NS/c1-65(2)58-24-9-7-20-53(58)56-23-13-22-55(63(56)65)51-18-6-5-16-48(51)43-27-32-45(33-28-43)67(47-36-38-54-52-19-8-10-25-59(52)66(60(54)41-47)39-11-12-40-66)46-34-29-44(30-35-46)49-21-14-26-61-62(49)57-37-31-42-15-3-4-17-50(42)64(57)68-61/h3-10,13-38,41H,11-12,39-40H2,1-2H3. The van der Waals surface area contributed by atoms with E-state index in [-0.39, 0.29) is 10.8 Å². The molecule has 1 fully saturated rings. The van der Waals surface area contributed by atoms with Crippen LogP contribution in [-0.2, 0) is 10.8 Å². The largest absolute Gasteiger partial charge is 0.310 e. The Kier molecular flexibility index (Phi) is 8.74. The van der Waals surface area contributed by atoms with Gasteiger partial charge in [-0.25, -0.2) is 0 Å². The lowest BCUT2D eigenvalue weighted by atomic mass is 9.76. The summed E-state index contributed by atoms with van der Waals surface area (Å²) < 4.78 is 2.69. The fourth-order valence-corrected chi connectivity index (χ4v) is 14.2. The maximum absolute atomic E-state index is 2.54. The Labute approximate surface area is 402 Å². The van der Waals surface area contributed by atoms with Crippen molar-refractivity contribution < 1.29 is 0 Å². The van der Waals surface area contributed by atoms with Gasteiger partial charge in [0.2, 0.25) is 0 Å². The van der Waals surface area contributed by atoms with Crippen molar-refractivity contribution in [2.45, 2.75) is 50.4 Å². The predicted octanol–water partition coefficient (Wildman–Crippen LogP) is 18.8. The molecule has 1 heterocycles. The Morgan fingerprint density at radius 2 is 0.941 bits per heavy atom. The highest BCUT2D eigenvalue weighted by atomic mass is 32.1. The molecule has 0 N–H and O–H groups in total. The van der Waals surface area contributed by atoms with E-state index >= 15 is 0 Å². The molecular formula is C66H49NS. The summed E-state index contributed by atoms with van der Waals surface area (Å²) in [6, 6.07) is 80.2. The number of nitrogens with zero attached hydrogens (tertiary/aromatic N) is 1. The minimum absolute atomic E-state index is 0.0753. The Morgan fingerprint density at radius 3 is 1.69 bits per heavy atom. The fraction of sp³-hybridized carbons (Fsp3) is 0.121. The van der Waals surface area contributed by atoms with Crippen molar-refractivity contribution in [2.24, 2.45) is 0 Å². The molecule has 1 saturated carbocycles. The predicted molar refractivity (Wildman–Crippen MR) is 290 cm³/mol. The maximum atomic E-state index is 2.54. The van der Waals surface area contributed by atoms with Crippen LogP contribution in [0.4, 0.5) is 17.1 Å². The van der Waals surface area contributed by atoms with Gasteiger partial charge in [0.25, 0.3) is 0 Å². The van der Waals surface area contributed by atoms with Gasteiger partial charge in [-0.2, -0.15) is 0 Å². The molecule has 0 radical (unpaired) electrons. The van der Waals surface area contributed by atoms with Crippen LogP contribution in [0, 0.1) is 0 Å². The molecule has 0 unspecified atom stereocenters. The molecule has 1 nitrogen and oxygen atoms in total. The average Bonchev–Trinajstić information content (AvgIpc) is 4.16. The second-order valence-corrected chi connectivity index (χ2v) is 20.9. The minimum atomic E-state index is -0.108. The monoisotopic (exact) mass is 887 g/mol. The van der Waals surface area contributed by atoms with Crippen LogP contribution < -0.4 is 4.90 Å². The lowest BCUT2D eigenvalue weighted by molar-refractivity contribution is 0.550. The van der Waals surface area contributed by atoms with Crippen LogP contribution in [0.5, 0.6) is 0 Å². The lowest BCUT2D eigenvalue weighted by Gasteiger charge is -2.30. The van der Waals surface area contributed by atoms with Gasteiger partial charge in [-0.15, -0.1) is 11.3 Å². The van der Waals surface area contributed by atoms with Crippen LogP contribution >= 0.6 is 11.3 Å². The zero-order valence-electron chi connectivity index (χ0n) is 38.4. The van der Waals surface area contributed by atoms with Crippen LogP contribution in [-0.4, -0.2) is 0 Å². The molecule has 1 spiro atoms. The Bertz CT molecular complexity index is 3820. The lowest BCUT2D eigenvalue weighted by Crippen LogP contribution is -2.21. The van der Waals surface area contributed by atoms with Crippen LogP contribution in [0.1, 0.15) is 61.8 Å². The normalized spacial score (nSPS) is 14.9. The van der Waals surface area contributed by atoms with E-state index in [2.05, 4.69) is 231 Å². The highest BCUT2D eigenvalue weighted by Gasteiger charge is 2.45. The van der Waals surface area contributed by atoms with Crippen molar-refractivity contribution in [2.75, 3.05) is 4.90 Å². The van der Waals surface area contributed by atoms with E-state index in [0.29, 0.717) is 0 Å². The topological polar surface area (TPSA) is 3.24 Å². The molecule has 11 aromatic rings. The van der Waals surface area contributed by atoms with Crippen LogP contribution in [0.25, 0.3) is 86.6 Å². The molecule has 1 aromatic heterocycles. The molecule has 0 amide bonds. The van der Waals surface area contributed by atoms with Crippen molar-refractivity contribution in [1.82, 2.24) is 0 Å². The van der Waals surface area contributed by atoms with E-state index in [1.165, 1.54) is 140 Å². The first-order valence-corrected chi connectivity index (χ1v) is 25.2. The number of rotatable bonds is 6. The van der Waals surface area contributed by atoms with Gasteiger partial charge in [0.1, 0.15) is 0 Å². The van der Waals surface area contributed by atoms with Gasteiger partial charge >= 0.3 is 0 Å². The Balaban J connectivity index is 0.893. The first kappa shape index (κ1) is 39.6. The van der Waals surface area contributed by atoms with E-state index in [0.717, 1.165) is 11.4 Å². The minimum Gasteiger partial charge on any atom is -0.310 e. The first-order valence-electron chi connectivity index (χ1n) is 24.4. The number of anilines is 3. The summed E-state index contributed by atoms with van der Waals surface area (Å²) in [6.45, 7) is 4.77. The molecule has 0 saturated heterocycles. The zero-order chi connectivity index (χ0) is 45.1. The van der Waals surface area contributed by atoms with Gasteiger partial charge in [-0.3, -0.25) is 0 Å². The van der Waals surface area contributed by atoms with Crippen LogP contribution in [0.2, 0.25) is 0 Å². The third-order valence-corrected chi connectivity index (χ3v) is 17.2. The molecule has 0 bridgehead atoms. The summed E-state index contributed by atoms with van der Waals surface area (Å²) in [7, 11) is 0. The first-order chi connectivity index (χ1) is 33.5. The zero-order valence-corrected chi connectivity index (χ0v) is 39.2. The second-order valence-electron chi connectivity index (χ2n) is 19.9. The molecule has 3 aliphatic rings. The van der Waals surface area contributed by atoms with Gasteiger partial charge in [-0.1, -0.05) is 197 Å². The number of hydrogen-bond acceptors (Lipinski definition) is 2. The second kappa shape index (κ2) is 15.0. The Morgan fingerprint density at radius 1 is 0.397 bits per heavy atom. The van der Waals surface area contributed by atoms with Gasteiger partial charge in [0.15, 0.2) is 0 Å². The summed E-state index contributed by atoms with van der Waals surface area (Å²) in [5.41, 5.74) is 22.3. The molecule has 2 heteroatoms. The number of fused-ring (bicyclic) bond motifs is 13. The number of benzene rings is 10. The van der Waals surface area contributed by atoms with Crippen LogP contribution in [0.15, 0.2) is 212 Å². The molecule has 14 rings (SSSR count). The van der Waals surface area contributed by atoms with Gasteiger partial charge in [0.05, 0.1) is 0 Å². The number of thiophene rings is 1. The van der Waals surface area contributed by atoms with E-state index in [4.69, 9.17) is 0 Å². The molecule has 3 aliphatic carbocycles. The van der Waals surface area contributed by atoms with Crippen LogP contribution in [0.3, 0.4) is 0 Å². The van der Waals surface area contributed by atoms with E-state index in [9.17, 15) is 0 Å². The third kappa shape index (κ3) is 5.74. The summed E-state index contributed by atoms with van der Waals surface area (Å²) in [5, 5.41) is 5.29. The van der Waals surface area contributed by atoms with Crippen molar-refractivity contribution in [3.63, 3.8) is 0 Å². The highest BCUT2D eigenvalue weighted by molar-refractivity contribution is 7.26. The highest BCUT2D eigenvalue weighted by Crippen LogP contribution is 2.58. The molecular weight excluding hydrogens is 839 g/mol. The fourth-order valence-electron chi connectivity index (χ4n) is 13.0. The van der Waals surface area contributed by atoms with Gasteiger partial charge in [0, 0.05) is 48.1 Å². The van der Waals surface area contributed by atoms with E-state index in [1.807, 2.05) is 11.3 Å². The smallest absolute Gasteiger partial charge is 0.0465 e. The average molecular weight is 888 g/mol. The molecule has 10 aromatic carbocycles. The van der Waals surface area contributed by atoms with E-state index in [1.54, 1.807) is 0 Å². The molecule has 0 aliphatic heterocycles. The maximum Gasteiger partial charge on any atom is 0.0465 e. The molecule has 324 valence electrons. The van der Waals surface area contributed by atoms with Crippen molar-refractivity contribution in [3.05, 3.63) is 235 Å². The Hall–Kier alpha value is -7.52. The van der Waals surface area contributed by atoms with Crippen molar-refractivity contribution in [1.29, 1.82) is 0 Å². The molecule has 0 atom stereocenters. The SMILES string of the molecule is CC1(C)c2ccccc2-c2cccc(-c3ccccc3-c3ccc(N(c4ccc(-c5cccc6sc7c8ccccc8ccc7c56)cc4)c4ccc5c(c4)C4(CCCC4)c4ccccc4-5)cc3)c21. The molecule has 68 heavy (non-hydrogen) atoms. The van der Waals surface area contributed by atoms with E-state index < -0.39 is 0 Å². The van der Waals surface area contributed by atoms with Gasteiger partial charge < -0.3 is 4.90 Å².